The lowest BCUT2D eigenvalue weighted by Crippen LogP contribution is -2.59. The second-order valence-electron chi connectivity index (χ2n) is 9.76. The lowest BCUT2D eigenvalue weighted by molar-refractivity contribution is -0.384. The van der Waals surface area contributed by atoms with Crippen molar-refractivity contribution >= 4 is 39.1 Å². The Morgan fingerprint density at radius 2 is 1.68 bits per heavy atom. The molecule has 0 aromatic heterocycles. The number of methoxy groups -OCH3 is 3. The minimum Gasteiger partial charge on any atom is -0.493 e. The smallest absolute Gasteiger partial charge is 0.289 e. The number of carbonyl (C=O) groups is 2. The second kappa shape index (κ2) is 12.9. The largest absolute Gasteiger partial charge is 0.493 e. The highest BCUT2D eigenvalue weighted by Gasteiger charge is 2.37. The van der Waals surface area contributed by atoms with Crippen molar-refractivity contribution in [1.82, 2.24) is 14.5 Å². The van der Waals surface area contributed by atoms with E-state index in [0.29, 0.717) is 22.8 Å². The van der Waals surface area contributed by atoms with E-state index in [0.717, 1.165) is 18.2 Å². The molecule has 3 rings (SSSR count). The van der Waals surface area contributed by atoms with Gasteiger partial charge in [0, 0.05) is 37.3 Å². The predicted molar refractivity (Wildman–Crippen MR) is 150 cm³/mol. The van der Waals surface area contributed by atoms with E-state index in [1.54, 1.807) is 37.8 Å². The SMILES string of the molecule is COc1cc(C(=O)N2CCN(C(=O)C(NS(=O)(=O)c3ccc(Cl)c([N+](=O)[O-])c3)C(C)C)CC2C)cc(OC)c1OC. The first-order valence-corrected chi connectivity index (χ1v) is 14.5. The molecule has 1 aliphatic rings. The van der Waals surface area contributed by atoms with Crippen molar-refractivity contribution in [2.45, 2.75) is 37.8 Å². The molecule has 0 saturated carbocycles. The zero-order chi connectivity index (χ0) is 30.6. The fraction of sp³-hybridized carbons (Fsp3) is 0.462. The summed E-state index contributed by atoms with van der Waals surface area (Å²) in [5.41, 5.74) is -0.250. The first-order valence-electron chi connectivity index (χ1n) is 12.6. The molecule has 41 heavy (non-hydrogen) atoms. The Bertz CT molecular complexity index is 1410. The highest BCUT2D eigenvalue weighted by Crippen LogP contribution is 2.38. The fourth-order valence-corrected chi connectivity index (χ4v) is 6.08. The van der Waals surface area contributed by atoms with Gasteiger partial charge < -0.3 is 24.0 Å². The molecule has 1 fully saturated rings. The summed E-state index contributed by atoms with van der Waals surface area (Å²) in [6.07, 6.45) is 0. The third-order valence-corrected chi connectivity index (χ3v) is 8.51. The molecule has 2 aromatic rings. The van der Waals surface area contributed by atoms with E-state index >= 15 is 0 Å². The van der Waals surface area contributed by atoms with Crippen LogP contribution in [0.2, 0.25) is 5.02 Å². The van der Waals surface area contributed by atoms with E-state index in [4.69, 9.17) is 25.8 Å². The predicted octanol–water partition coefficient (Wildman–Crippen LogP) is 2.95. The van der Waals surface area contributed by atoms with E-state index in [9.17, 15) is 28.1 Å². The Balaban J connectivity index is 1.78. The van der Waals surface area contributed by atoms with Crippen LogP contribution in [0.15, 0.2) is 35.2 Å². The molecule has 2 amide bonds. The summed E-state index contributed by atoms with van der Waals surface area (Å²) < 4.78 is 44.6. The van der Waals surface area contributed by atoms with Gasteiger partial charge in [-0.3, -0.25) is 19.7 Å². The van der Waals surface area contributed by atoms with Gasteiger partial charge in [-0.1, -0.05) is 25.4 Å². The Labute approximate surface area is 243 Å². The second-order valence-corrected chi connectivity index (χ2v) is 11.9. The molecule has 0 radical (unpaired) electrons. The fourth-order valence-electron chi connectivity index (χ4n) is 4.53. The van der Waals surface area contributed by atoms with E-state index in [1.165, 1.54) is 26.2 Å². The number of sulfonamides is 1. The van der Waals surface area contributed by atoms with Crippen LogP contribution in [0.1, 0.15) is 31.1 Å². The van der Waals surface area contributed by atoms with Crippen molar-refractivity contribution in [1.29, 1.82) is 0 Å². The lowest BCUT2D eigenvalue weighted by atomic mass is 10.0. The van der Waals surface area contributed by atoms with Crippen molar-refractivity contribution in [3.05, 3.63) is 51.0 Å². The van der Waals surface area contributed by atoms with Crippen molar-refractivity contribution in [3.8, 4) is 17.2 Å². The summed E-state index contributed by atoms with van der Waals surface area (Å²) in [6, 6.07) is 4.66. The first-order chi connectivity index (χ1) is 19.2. The summed E-state index contributed by atoms with van der Waals surface area (Å²) in [6.45, 7) is 5.68. The van der Waals surface area contributed by atoms with Crippen molar-refractivity contribution in [2.75, 3.05) is 41.0 Å². The summed E-state index contributed by atoms with van der Waals surface area (Å²) >= 11 is 5.82. The molecule has 2 atom stereocenters. The summed E-state index contributed by atoms with van der Waals surface area (Å²) in [5.74, 6) is -0.211. The van der Waals surface area contributed by atoms with Crippen LogP contribution in [-0.4, -0.2) is 88.0 Å². The average molecular weight is 613 g/mol. The van der Waals surface area contributed by atoms with Gasteiger partial charge in [0.25, 0.3) is 11.6 Å². The number of ether oxygens (including phenoxy) is 3. The van der Waals surface area contributed by atoms with Crippen molar-refractivity contribution < 1.29 is 37.1 Å². The number of nitro groups is 1. The van der Waals surface area contributed by atoms with Crippen molar-refractivity contribution in [3.63, 3.8) is 0 Å². The molecule has 1 heterocycles. The third kappa shape index (κ3) is 6.82. The topological polar surface area (TPSA) is 158 Å². The Morgan fingerprint density at radius 3 is 2.17 bits per heavy atom. The van der Waals surface area contributed by atoms with Crippen LogP contribution in [0, 0.1) is 16.0 Å². The number of amides is 2. The number of piperazine rings is 1. The number of nitrogens with one attached hydrogen (secondary N) is 1. The van der Waals surface area contributed by atoms with Crippen LogP contribution < -0.4 is 18.9 Å². The first kappa shape index (κ1) is 31.9. The number of nitrogens with zero attached hydrogens (tertiary/aromatic N) is 3. The quantitative estimate of drug-likeness (QED) is 0.314. The molecule has 15 heteroatoms. The van der Waals surface area contributed by atoms with Gasteiger partial charge in [-0.15, -0.1) is 0 Å². The Kier molecular flexibility index (Phi) is 10.0. The van der Waals surface area contributed by atoms with Gasteiger partial charge in [-0.2, -0.15) is 4.72 Å². The summed E-state index contributed by atoms with van der Waals surface area (Å²) in [5, 5.41) is 11.0. The number of nitro benzene ring substituents is 1. The van der Waals surface area contributed by atoms with E-state index < -0.39 is 44.5 Å². The highest BCUT2D eigenvalue weighted by molar-refractivity contribution is 7.89. The average Bonchev–Trinajstić information content (AvgIpc) is 2.94. The molecular formula is C26H33ClN4O9S. The zero-order valence-electron chi connectivity index (χ0n) is 23.5. The molecule has 2 aromatic carbocycles. The standard InChI is InChI=1S/C26H33ClN4O9S/c1-15(2)23(28-41(36,37)18-7-8-19(27)20(13-18)31(34)35)26(33)29-9-10-30(16(3)14-29)25(32)17-11-21(38-4)24(40-6)22(12-17)39-5/h7-8,11-13,15-16,23,28H,9-10,14H2,1-6H3. The number of halogens is 1. The normalized spacial score (nSPS) is 16.3. The van der Waals surface area contributed by atoms with Gasteiger partial charge in [-0.05, 0) is 37.1 Å². The lowest BCUT2D eigenvalue weighted by Gasteiger charge is -2.41. The Morgan fingerprint density at radius 1 is 1.07 bits per heavy atom. The minimum atomic E-state index is -4.31. The van der Waals surface area contributed by atoms with Crippen LogP contribution in [0.25, 0.3) is 0 Å². The van der Waals surface area contributed by atoms with E-state index in [2.05, 4.69) is 4.72 Å². The third-order valence-electron chi connectivity index (χ3n) is 6.75. The maximum atomic E-state index is 13.5. The molecule has 0 aliphatic carbocycles. The maximum absolute atomic E-state index is 13.5. The van der Waals surface area contributed by atoms with Gasteiger partial charge in [0.15, 0.2) is 11.5 Å². The number of hydrogen-bond acceptors (Lipinski definition) is 9. The number of carbonyl (C=O) groups excluding carboxylic acids is 2. The van der Waals surface area contributed by atoms with Crippen LogP contribution >= 0.6 is 11.6 Å². The molecule has 1 aliphatic heterocycles. The van der Waals surface area contributed by atoms with Gasteiger partial charge in [0.05, 0.1) is 31.1 Å². The van der Waals surface area contributed by atoms with Gasteiger partial charge in [0.1, 0.15) is 11.1 Å². The highest BCUT2D eigenvalue weighted by atomic mass is 35.5. The molecule has 1 N–H and O–H groups in total. The van der Waals surface area contributed by atoms with Gasteiger partial charge >= 0.3 is 0 Å². The molecular weight excluding hydrogens is 580 g/mol. The molecule has 13 nitrogen and oxygen atoms in total. The summed E-state index contributed by atoms with van der Waals surface area (Å²) in [4.78, 5) is 40.1. The maximum Gasteiger partial charge on any atom is 0.289 e. The van der Waals surface area contributed by atoms with Gasteiger partial charge in [0.2, 0.25) is 21.7 Å². The van der Waals surface area contributed by atoms with E-state index in [-0.39, 0.29) is 35.5 Å². The van der Waals surface area contributed by atoms with Crippen LogP contribution in [-0.2, 0) is 14.8 Å². The van der Waals surface area contributed by atoms with Crippen molar-refractivity contribution in [2.24, 2.45) is 5.92 Å². The monoisotopic (exact) mass is 612 g/mol. The minimum absolute atomic E-state index is 0.159. The van der Waals surface area contributed by atoms with Crippen LogP contribution in [0.3, 0.4) is 0 Å². The zero-order valence-corrected chi connectivity index (χ0v) is 25.1. The molecule has 2 unspecified atom stereocenters. The van der Waals surface area contributed by atoms with Crippen LogP contribution in [0.5, 0.6) is 17.2 Å². The molecule has 1 saturated heterocycles. The number of rotatable bonds is 10. The number of hydrogen-bond donors (Lipinski definition) is 1. The molecule has 224 valence electrons. The number of benzene rings is 2. The Hall–Kier alpha value is -3.62. The van der Waals surface area contributed by atoms with Crippen LogP contribution in [0.4, 0.5) is 5.69 Å². The summed E-state index contributed by atoms with van der Waals surface area (Å²) in [7, 11) is 0.0504. The van der Waals surface area contributed by atoms with Gasteiger partial charge in [-0.25, -0.2) is 8.42 Å². The van der Waals surface area contributed by atoms with E-state index in [1.807, 2.05) is 0 Å². The molecule has 0 spiro atoms. The molecule has 0 bridgehead atoms.